The molecule has 0 saturated carbocycles. The molecule has 144 valence electrons. The van der Waals surface area contributed by atoms with Crippen molar-refractivity contribution in [2.45, 2.75) is 13.5 Å². The minimum atomic E-state index is -0.259. The molecule has 4 aromatic rings. The Kier molecular flexibility index (Phi) is 5.77. The highest BCUT2D eigenvalue weighted by atomic mass is 32.1. The van der Waals surface area contributed by atoms with E-state index in [1.165, 1.54) is 17.7 Å². The van der Waals surface area contributed by atoms with Gasteiger partial charge in [-0.3, -0.25) is 0 Å². The first-order valence-electron chi connectivity index (χ1n) is 9.32. The molecule has 0 aliphatic rings. The third kappa shape index (κ3) is 4.58. The molecule has 0 aliphatic heterocycles. The number of aromatic nitrogens is 1. The molecule has 29 heavy (non-hydrogen) atoms. The minimum absolute atomic E-state index is 0.259. The maximum atomic E-state index is 13.2. The molecule has 1 heterocycles. The molecule has 0 saturated heterocycles. The van der Waals surface area contributed by atoms with Crippen molar-refractivity contribution in [1.82, 2.24) is 4.57 Å². The van der Waals surface area contributed by atoms with E-state index in [0.717, 1.165) is 27.3 Å². The standard InChI is InChI=1S/C24H20FN3S/c1-18(20-12-14-22(25)15-13-20)26-27-24-28(16-19-8-4-2-5-9-19)23(17-29-24)21-10-6-3-7-11-21/h2-15,17H,16H2,1H3/b26-18+,27-24-. The summed E-state index contributed by atoms with van der Waals surface area (Å²) >= 11 is 1.56. The van der Waals surface area contributed by atoms with Crippen LogP contribution in [0, 0.1) is 5.82 Å². The SMILES string of the molecule is C/C(=N\N=c1/scc(-c2ccccc2)n1Cc1ccccc1)c1ccc(F)cc1. The van der Waals surface area contributed by atoms with Crippen LogP contribution >= 0.6 is 11.3 Å². The third-order valence-corrected chi connectivity index (χ3v) is 5.45. The van der Waals surface area contributed by atoms with E-state index in [1.807, 2.05) is 43.3 Å². The Labute approximate surface area is 173 Å². The lowest BCUT2D eigenvalue weighted by Crippen LogP contribution is -2.16. The Bertz CT molecular complexity index is 1170. The second kappa shape index (κ2) is 8.80. The van der Waals surface area contributed by atoms with Crippen molar-refractivity contribution in [3.63, 3.8) is 0 Å². The van der Waals surface area contributed by atoms with E-state index < -0.39 is 0 Å². The van der Waals surface area contributed by atoms with Gasteiger partial charge in [0.05, 0.1) is 18.0 Å². The van der Waals surface area contributed by atoms with Crippen LogP contribution in [0.3, 0.4) is 0 Å². The summed E-state index contributed by atoms with van der Waals surface area (Å²) in [5.41, 5.74) is 5.03. The Balaban J connectivity index is 1.76. The molecule has 1 aromatic heterocycles. The number of nitrogens with zero attached hydrogens (tertiary/aromatic N) is 3. The Morgan fingerprint density at radius 3 is 2.24 bits per heavy atom. The predicted octanol–water partition coefficient (Wildman–Crippen LogP) is 5.73. The van der Waals surface area contributed by atoms with Crippen LogP contribution in [0.1, 0.15) is 18.1 Å². The van der Waals surface area contributed by atoms with E-state index >= 15 is 0 Å². The van der Waals surface area contributed by atoms with Gasteiger partial charge in [-0.1, -0.05) is 72.8 Å². The number of thiazole rings is 1. The van der Waals surface area contributed by atoms with E-state index in [1.54, 1.807) is 23.5 Å². The number of hydrogen-bond acceptors (Lipinski definition) is 3. The fraction of sp³-hybridized carbons (Fsp3) is 0.0833. The van der Waals surface area contributed by atoms with Gasteiger partial charge in [-0.2, -0.15) is 5.10 Å². The minimum Gasteiger partial charge on any atom is -0.311 e. The topological polar surface area (TPSA) is 29.6 Å². The van der Waals surface area contributed by atoms with Gasteiger partial charge in [-0.05, 0) is 35.7 Å². The Morgan fingerprint density at radius 2 is 1.55 bits per heavy atom. The third-order valence-electron chi connectivity index (χ3n) is 4.60. The van der Waals surface area contributed by atoms with Crippen LogP contribution < -0.4 is 4.80 Å². The summed E-state index contributed by atoms with van der Waals surface area (Å²) in [6.45, 7) is 2.59. The average molecular weight is 402 g/mol. The van der Waals surface area contributed by atoms with E-state index in [9.17, 15) is 4.39 Å². The largest absolute Gasteiger partial charge is 0.311 e. The highest BCUT2D eigenvalue weighted by molar-refractivity contribution is 7.07. The fourth-order valence-corrected chi connectivity index (χ4v) is 3.89. The van der Waals surface area contributed by atoms with E-state index in [0.29, 0.717) is 6.54 Å². The van der Waals surface area contributed by atoms with Gasteiger partial charge < -0.3 is 4.57 Å². The lowest BCUT2D eigenvalue weighted by Gasteiger charge is -2.09. The molecule has 0 aliphatic carbocycles. The van der Waals surface area contributed by atoms with Gasteiger partial charge in [0.1, 0.15) is 5.82 Å². The van der Waals surface area contributed by atoms with Crippen molar-refractivity contribution in [1.29, 1.82) is 0 Å². The molecule has 0 unspecified atom stereocenters. The fourth-order valence-electron chi connectivity index (χ4n) is 3.03. The van der Waals surface area contributed by atoms with E-state index in [-0.39, 0.29) is 5.82 Å². The lowest BCUT2D eigenvalue weighted by atomic mass is 10.1. The zero-order chi connectivity index (χ0) is 20.1. The predicted molar refractivity (Wildman–Crippen MR) is 117 cm³/mol. The Hall–Kier alpha value is -3.31. The summed E-state index contributed by atoms with van der Waals surface area (Å²) in [5.74, 6) is -0.259. The quantitative estimate of drug-likeness (QED) is 0.302. The molecule has 0 spiro atoms. The van der Waals surface area contributed by atoms with Crippen molar-refractivity contribution in [2.24, 2.45) is 10.2 Å². The summed E-state index contributed by atoms with van der Waals surface area (Å²) in [6.07, 6.45) is 0. The van der Waals surface area contributed by atoms with Crippen molar-refractivity contribution < 1.29 is 4.39 Å². The first kappa shape index (κ1) is 19.0. The highest BCUT2D eigenvalue weighted by Gasteiger charge is 2.09. The zero-order valence-electron chi connectivity index (χ0n) is 16.0. The van der Waals surface area contributed by atoms with Gasteiger partial charge in [-0.15, -0.1) is 16.4 Å². The summed E-state index contributed by atoms with van der Waals surface area (Å²) in [4.78, 5) is 0.814. The second-order valence-electron chi connectivity index (χ2n) is 6.63. The first-order valence-corrected chi connectivity index (χ1v) is 10.2. The van der Waals surface area contributed by atoms with Crippen LogP contribution in [-0.4, -0.2) is 10.3 Å². The van der Waals surface area contributed by atoms with Crippen molar-refractivity contribution in [3.8, 4) is 11.3 Å². The Morgan fingerprint density at radius 1 is 0.897 bits per heavy atom. The normalized spacial score (nSPS) is 12.3. The summed E-state index contributed by atoms with van der Waals surface area (Å²) in [7, 11) is 0. The first-order chi connectivity index (χ1) is 14.2. The highest BCUT2D eigenvalue weighted by Crippen LogP contribution is 2.21. The van der Waals surface area contributed by atoms with Crippen LogP contribution in [-0.2, 0) is 6.54 Å². The van der Waals surface area contributed by atoms with Gasteiger partial charge in [0.2, 0.25) is 4.80 Å². The molecule has 0 radical (unpaired) electrons. The molecule has 0 N–H and O–H groups in total. The second-order valence-corrected chi connectivity index (χ2v) is 7.47. The average Bonchev–Trinajstić information content (AvgIpc) is 3.16. The molecule has 3 nitrogen and oxygen atoms in total. The zero-order valence-corrected chi connectivity index (χ0v) is 16.8. The van der Waals surface area contributed by atoms with Gasteiger partial charge >= 0.3 is 0 Å². The van der Waals surface area contributed by atoms with Gasteiger partial charge in [-0.25, -0.2) is 4.39 Å². The molecule has 5 heteroatoms. The van der Waals surface area contributed by atoms with E-state index in [2.05, 4.69) is 44.4 Å². The maximum absolute atomic E-state index is 13.2. The van der Waals surface area contributed by atoms with Crippen LogP contribution in [0.15, 0.2) is 101 Å². The van der Waals surface area contributed by atoms with Gasteiger partial charge in [0.15, 0.2) is 0 Å². The molecule has 3 aromatic carbocycles. The lowest BCUT2D eigenvalue weighted by molar-refractivity contribution is 0.628. The molecule has 4 rings (SSSR count). The van der Waals surface area contributed by atoms with Gasteiger partial charge in [0, 0.05) is 5.38 Å². The maximum Gasteiger partial charge on any atom is 0.211 e. The number of rotatable bonds is 5. The van der Waals surface area contributed by atoms with Crippen LogP contribution in [0.25, 0.3) is 11.3 Å². The van der Waals surface area contributed by atoms with Crippen LogP contribution in [0.2, 0.25) is 0 Å². The van der Waals surface area contributed by atoms with E-state index in [4.69, 9.17) is 0 Å². The van der Waals surface area contributed by atoms with Gasteiger partial charge in [0.25, 0.3) is 0 Å². The number of benzene rings is 3. The van der Waals surface area contributed by atoms with Crippen molar-refractivity contribution >= 4 is 17.0 Å². The monoisotopic (exact) mass is 401 g/mol. The van der Waals surface area contributed by atoms with Crippen LogP contribution in [0.4, 0.5) is 4.39 Å². The number of hydrogen-bond donors (Lipinski definition) is 0. The molecule has 0 amide bonds. The summed E-state index contributed by atoms with van der Waals surface area (Å²) in [5, 5.41) is 11.0. The molecule has 0 fully saturated rings. The number of halogens is 1. The van der Waals surface area contributed by atoms with Crippen molar-refractivity contribution in [2.75, 3.05) is 0 Å². The molecular formula is C24H20FN3S. The molecule has 0 atom stereocenters. The smallest absolute Gasteiger partial charge is 0.211 e. The summed E-state index contributed by atoms with van der Waals surface area (Å²) < 4.78 is 15.3. The molecular weight excluding hydrogens is 381 g/mol. The van der Waals surface area contributed by atoms with Crippen LogP contribution in [0.5, 0.6) is 0 Å². The van der Waals surface area contributed by atoms with Crippen molar-refractivity contribution in [3.05, 3.63) is 112 Å². The summed E-state index contributed by atoms with van der Waals surface area (Å²) in [6, 6.07) is 26.9. The molecule has 0 bridgehead atoms.